The highest BCUT2D eigenvalue weighted by Crippen LogP contribution is 2.55. The number of nitrogens with zero attached hydrogens (tertiary/aromatic N) is 2. The zero-order valence-electron chi connectivity index (χ0n) is 36.7. The Hall–Kier alpha value is -5.60. The van der Waals surface area contributed by atoms with Gasteiger partial charge < -0.3 is 9.80 Å². The fourth-order valence-electron chi connectivity index (χ4n) is 10.3. The Morgan fingerprint density at radius 2 is 0.862 bits per heavy atom. The molecule has 0 aromatic heterocycles. The lowest BCUT2D eigenvalue weighted by Crippen LogP contribution is -2.24. The third kappa shape index (κ3) is 5.98. The molecule has 58 heavy (non-hydrogen) atoms. The largest absolute Gasteiger partial charge is 0.309 e. The molecule has 2 nitrogen and oxygen atoms in total. The van der Waals surface area contributed by atoms with Crippen LogP contribution in [-0.4, -0.2) is 0 Å². The number of hydrogen-bond donors (Lipinski definition) is 0. The minimum absolute atomic E-state index is 0.0143. The molecule has 8 aromatic rings. The summed E-state index contributed by atoms with van der Waals surface area (Å²) in [6.45, 7) is 27.6. The molecule has 292 valence electrons. The van der Waals surface area contributed by atoms with Crippen molar-refractivity contribution in [3.63, 3.8) is 0 Å². The van der Waals surface area contributed by atoms with E-state index in [4.69, 9.17) is 0 Å². The Kier molecular flexibility index (Phi) is 9.00. The fraction of sp³-hybridized carbons (Fsp3) is 0.286. The first-order valence-electron chi connectivity index (χ1n) is 21.3. The van der Waals surface area contributed by atoms with Gasteiger partial charge >= 0.3 is 0 Å². The maximum Gasteiger partial charge on any atom is 0.0543 e. The molecule has 1 aliphatic rings. The van der Waals surface area contributed by atoms with Gasteiger partial charge in [0.1, 0.15) is 0 Å². The van der Waals surface area contributed by atoms with Crippen LogP contribution in [-0.2, 0) is 11.8 Å². The van der Waals surface area contributed by atoms with Crippen molar-refractivity contribution in [2.75, 3.05) is 9.80 Å². The molecule has 0 atom stereocenters. The van der Waals surface area contributed by atoms with Crippen LogP contribution in [0, 0.1) is 55.4 Å². The van der Waals surface area contributed by atoms with Gasteiger partial charge in [-0.2, -0.15) is 0 Å². The van der Waals surface area contributed by atoms with E-state index in [9.17, 15) is 0 Å². The number of aryl methyl sites for hydroxylation is 9. The van der Waals surface area contributed by atoms with E-state index in [2.05, 4.69) is 196 Å². The first-order chi connectivity index (χ1) is 27.6. The number of anilines is 6. The van der Waals surface area contributed by atoms with Crippen molar-refractivity contribution in [3.05, 3.63) is 164 Å². The van der Waals surface area contributed by atoms with Gasteiger partial charge in [0.2, 0.25) is 0 Å². The highest BCUT2D eigenvalue weighted by molar-refractivity contribution is 6.30. The van der Waals surface area contributed by atoms with Crippen LogP contribution in [0.25, 0.3) is 32.3 Å². The molecule has 8 aromatic carbocycles. The van der Waals surface area contributed by atoms with Crippen LogP contribution in [0.3, 0.4) is 0 Å². The molecule has 0 radical (unpaired) electrons. The molecule has 0 saturated carbocycles. The molecule has 0 N–H and O–H groups in total. The number of hydrogen-bond acceptors (Lipinski definition) is 2. The summed E-state index contributed by atoms with van der Waals surface area (Å²) in [4.78, 5) is 5.16. The Bertz CT molecular complexity index is 2840. The van der Waals surface area contributed by atoms with Crippen LogP contribution in [0.5, 0.6) is 0 Å². The van der Waals surface area contributed by atoms with E-state index < -0.39 is 0 Å². The van der Waals surface area contributed by atoms with Gasteiger partial charge in [0.25, 0.3) is 0 Å². The van der Waals surface area contributed by atoms with E-state index in [-0.39, 0.29) is 5.41 Å². The van der Waals surface area contributed by atoms with Crippen molar-refractivity contribution in [1.29, 1.82) is 0 Å². The second kappa shape index (κ2) is 13.8. The third-order valence-corrected chi connectivity index (χ3v) is 13.3. The number of rotatable bonds is 7. The van der Waals surface area contributed by atoms with Gasteiger partial charge in [0.15, 0.2) is 0 Å². The van der Waals surface area contributed by atoms with Crippen LogP contribution >= 0.6 is 0 Å². The van der Waals surface area contributed by atoms with Crippen LogP contribution in [0.15, 0.2) is 103 Å². The topological polar surface area (TPSA) is 6.48 Å². The predicted octanol–water partition coefficient (Wildman–Crippen LogP) is 16.3. The summed E-state index contributed by atoms with van der Waals surface area (Å²) in [7, 11) is 0. The van der Waals surface area contributed by atoms with Crippen molar-refractivity contribution < 1.29 is 0 Å². The SMILES string of the molecule is Cc1ccc(N(c2ccc(C)cc2C)c2cc(C(C)C)c3ccc4c(N(c5ccc(C)cc5C)c5ccc(C)cc5C)cc5c6c(cc2c3c46)C(C)(C)CC5)c(C)c1. The Labute approximate surface area is 346 Å². The summed E-state index contributed by atoms with van der Waals surface area (Å²) in [6, 6.07) is 40.4. The third-order valence-electron chi connectivity index (χ3n) is 13.3. The molecule has 0 spiro atoms. The summed E-state index contributed by atoms with van der Waals surface area (Å²) in [5, 5.41) is 8.27. The van der Waals surface area contributed by atoms with Gasteiger partial charge in [-0.15, -0.1) is 0 Å². The molecule has 0 unspecified atom stereocenters. The second-order valence-electron chi connectivity index (χ2n) is 18.7. The van der Waals surface area contributed by atoms with E-state index >= 15 is 0 Å². The molecule has 0 aliphatic heterocycles. The molecule has 9 rings (SSSR count). The van der Waals surface area contributed by atoms with Gasteiger partial charge in [-0.25, -0.2) is 0 Å². The second-order valence-corrected chi connectivity index (χ2v) is 18.7. The van der Waals surface area contributed by atoms with Crippen molar-refractivity contribution in [2.45, 2.75) is 107 Å². The molecule has 0 heterocycles. The van der Waals surface area contributed by atoms with Crippen LogP contribution in [0.2, 0.25) is 0 Å². The van der Waals surface area contributed by atoms with E-state index in [1.807, 2.05) is 0 Å². The first kappa shape index (κ1) is 37.9. The van der Waals surface area contributed by atoms with Gasteiger partial charge in [-0.3, -0.25) is 0 Å². The summed E-state index contributed by atoms with van der Waals surface area (Å²) >= 11 is 0. The average Bonchev–Trinajstić information content (AvgIpc) is 3.16. The lowest BCUT2D eigenvalue weighted by molar-refractivity contribution is 0.475. The number of benzene rings is 8. The van der Waals surface area contributed by atoms with Crippen LogP contribution in [0.4, 0.5) is 34.1 Å². The quantitative estimate of drug-likeness (QED) is 0.149. The zero-order valence-corrected chi connectivity index (χ0v) is 36.7. The van der Waals surface area contributed by atoms with E-state index in [1.54, 1.807) is 0 Å². The normalized spacial score (nSPS) is 13.7. The molecule has 0 amide bonds. The fourth-order valence-corrected chi connectivity index (χ4v) is 10.3. The summed E-state index contributed by atoms with van der Waals surface area (Å²) in [5.41, 5.74) is 22.0. The smallest absolute Gasteiger partial charge is 0.0543 e. The van der Waals surface area contributed by atoms with Crippen molar-refractivity contribution in [1.82, 2.24) is 0 Å². The Morgan fingerprint density at radius 1 is 0.431 bits per heavy atom. The van der Waals surface area contributed by atoms with E-state index in [0.29, 0.717) is 5.92 Å². The Morgan fingerprint density at radius 3 is 1.29 bits per heavy atom. The molecular weight excluding hydrogens is 701 g/mol. The lowest BCUT2D eigenvalue weighted by atomic mass is 9.70. The molecular formula is C56H58N2. The van der Waals surface area contributed by atoms with Gasteiger partial charge in [0, 0.05) is 38.9 Å². The van der Waals surface area contributed by atoms with Crippen LogP contribution in [0.1, 0.15) is 101 Å². The van der Waals surface area contributed by atoms with Crippen molar-refractivity contribution >= 4 is 66.4 Å². The standard InChI is InChI=1S/C56H58N2/c1-32(2)44-31-52(58(49-21-15-35(5)27-39(49)9)50-22-16-36(6)28-40(50)10)45-30-46-53-41(23-24-56(46,11)12)29-51(43-18-17-42(44)54(45)55(43)53)57(47-19-13-33(3)25-37(47)7)48-20-14-34(4)26-38(48)8/h13-22,25-32H,23-24H2,1-12H3. The Balaban J connectivity index is 1.48. The predicted molar refractivity (Wildman–Crippen MR) is 253 cm³/mol. The van der Waals surface area contributed by atoms with E-state index in [0.717, 1.165) is 12.8 Å². The van der Waals surface area contributed by atoms with Gasteiger partial charge in [-0.05, 0) is 177 Å². The highest BCUT2D eigenvalue weighted by atomic mass is 15.2. The molecule has 1 aliphatic carbocycles. The van der Waals surface area contributed by atoms with Crippen molar-refractivity contribution in [2.24, 2.45) is 0 Å². The maximum atomic E-state index is 2.61. The summed E-state index contributed by atoms with van der Waals surface area (Å²) in [5.74, 6) is 0.327. The lowest BCUT2D eigenvalue weighted by Gasteiger charge is -2.37. The van der Waals surface area contributed by atoms with E-state index in [1.165, 1.54) is 128 Å². The molecule has 0 bridgehead atoms. The van der Waals surface area contributed by atoms with Crippen molar-refractivity contribution in [3.8, 4) is 0 Å². The highest BCUT2D eigenvalue weighted by Gasteiger charge is 2.34. The minimum atomic E-state index is 0.0143. The minimum Gasteiger partial charge on any atom is -0.309 e. The monoisotopic (exact) mass is 758 g/mol. The first-order valence-corrected chi connectivity index (χ1v) is 21.3. The summed E-state index contributed by atoms with van der Waals surface area (Å²) in [6.07, 6.45) is 2.16. The molecule has 2 heteroatoms. The van der Waals surface area contributed by atoms with Gasteiger partial charge in [0.05, 0.1) is 11.4 Å². The molecule has 0 fully saturated rings. The maximum absolute atomic E-state index is 2.61. The average molecular weight is 759 g/mol. The van der Waals surface area contributed by atoms with Gasteiger partial charge in [-0.1, -0.05) is 111 Å². The van der Waals surface area contributed by atoms with Crippen LogP contribution < -0.4 is 9.80 Å². The molecule has 0 saturated heterocycles. The zero-order chi connectivity index (χ0) is 40.9. The summed E-state index contributed by atoms with van der Waals surface area (Å²) < 4.78 is 0.